The van der Waals surface area contributed by atoms with E-state index >= 15 is 0 Å². The van der Waals surface area contributed by atoms with Crippen LogP contribution in [0.4, 0.5) is 5.69 Å². The number of thioether (sulfide) groups is 1. The number of carboxylic acid groups (broad SMARTS) is 1. The van der Waals surface area contributed by atoms with Gasteiger partial charge in [-0.3, -0.25) is 9.69 Å². The van der Waals surface area contributed by atoms with Crippen LogP contribution in [0.2, 0.25) is 0 Å². The molecule has 0 bridgehead atoms. The van der Waals surface area contributed by atoms with E-state index < -0.39 is 33.3 Å². The van der Waals surface area contributed by atoms with E-state index in [1.54, 1.807) is 0 Å². The Morgan fingerprint density at radius 2 is 2.00 bits per heavy atom. The molecule has 0 radical (unpaired) electrons. The summed E-state index contributed by atoms with van der Waals surface area (Å²) in [4.78, 5) is 24.3. The molecule has 0 aromatic heterocycles. The molecule has 1 saturated heterocycles. The van der Waals surface area contributed by atoms with Crippen molar-refractivity contribution in [2.45, 2.75) is 16.3 Å². The van der Waals surface area contributed by atoms with Crippen LogP contribution in [0, 0.1) is 0 Å². The maximum Gasteiger partial charge on any atom is 0.352 e. The van der Waals surface area contributed by atoms with Crippen molar-refractivity contribution in [3.8, 4) is 0 Å². The minimum absolute atomic E-state index is 0.00670. The minimum atomic E-state index is -3.89. The number of nitrogens with zero attached hydrogens (tertiary/aromatic N) is 1. The third kappa shape index (κ3) is 2.69. The highest BCUT2D eigenvalue weighted by Crippen LogP contribution is 2.38. The highest BCUT2D eigenvalue weighted by Gasteiger charge is 2.53. The summed E-state index contributed by atoms with van der Waals surface area (Å²) >= 11 is 1.30. The highest BCUT2D eigenvalue weighted by atomic mass is 32.2. The van der Waals surface area contributed by atoms with Crippen molar-refractivity contribution in [2.75, 3.05) is 11.5 Å². The van der Waals surface area contributed by atoms with Crippen LogP contribution in [0.3, 0.4) is 0 Å². The van der Waals surface area contributed by atoms with Crippen molar-refractivity contribution in [3.05, 3.63) is 36.0 Å². The largest absolute Gasteiger partial charge is 0.477 e. The molecule has 4 N–H and O–H groups in total. The van der Waals surface area contributed by atoms with Crippen LogP contribution in [-0.2, 0) is 19.6 Å². The first kappa shape index (κ1) is 15.8. The summed E-state index contributed by atoms with van der Waals surface area (Å²) in [6.45, 7) is 0. The second kappa shape index (κ2) is 5.55. The number of carbonyl (C=O) groups is 2. The molecule has 10 heteroatoms. The molecule has 23 heavy (non-hydrogen) atoms. The highest BCUT2D eigenvalue weighted by molar-refractivity contribution is 8.00. The average molecular weight is 355 g/mol. The molecular weight excluding hydrogens is 342 g/mol. The zero-order chi connectivity index (χ0) is 16.8. The average Bonchev–Trinajstić information content (AvgIpc) is 2.52. The number of amides is 1. The van der Waals surface area contributed by atoms with Crippen LogP contribution in [-0.4, -0.2) is 47.5 Å². The number of carbonyl (C=O) groups excluding carboxylic acids is 1. The molecule has 2 atom stereocenters. The fourth-order valence-electron chi connectivity index (χ4n) is 2.40. The first-order valence-corrected chi connectivity index (χ1v) is 9.10. The number of benzene rings is 1. The number of nitrogen functional groups attached to an aromatic ring is 1. The number of nitrogens with two attached hydrogens (primary N) is 1. The predicted octanol–water partition coefficient (Wildman–Crippen LogP) is -0.201. The number of fused-ring (bicyclic) bond motifs is 1. The van der Waals surface area contributed by atoms with Gasteiger partial charge < -0.3 is 10.8 Å². The molecule has 2 aliphatic rings. The normalized spacial score (nSPS) is 23.7. The molecule has 1 amide bonds. The van der Waals surface area contributed by atoms with Crippen molar-refractivity contribution in [3.63, 3.8) is 0 Å². The Labute approximate surface area is 136 Å². The third-order valence-electron chi connectivity index (χ3n) is 3.54. The van der Waals surface area contributed by atoms with Crippen LogP contribution in [0.15, 0.2) is 40.9 Å². The van der Waals surface area contributed by atoms with Crippen molar-refractivity contribution < 1.29 is 23.1 Å². The fraction of sp³-hybridized carbons (Fsp3) is 0.231. The number of hydrogen-bond acceptors (Lipinski definition) is 6. The van der Waals surface area contributed by atoms with E-state index in [2.05, 4.69) is 4.72 Å². The number of anilines is 1. The summed E-state index contributed by atoms with van der Waals surface area (Å²) in [5, 5.41) is 8.53. The SMILES string of the molecule is Nc1ccc(S(=O)(=O)N[C@@H]2C(=O)N3C(C(=O)O)=CCS[C@H]23)cc1. The molecule has 8 nitrogen and oxygen atoms in total. The Kier molecular flexibility index (Phi) is 3.82. The lowest BCUT2D eigenvalue weighted by molar-refractivity contribution is -0.148. The Balaban J connectivity index is 1.80. The van der Waals surface area contributed by atoms with Crippen molar-refractivity contribution >= 4 is 39.3 Å². The van der Waals surface area contributed by atoms with Crippen LogP contribution in [0.25, 0.3) is 0 Å². The molecule has 1 fully saturated rings. The molecule has 2 heterocycles. The Morgan fingerprint density at radius 1 is 1.35 bits per heavy atom. The van der Waals surface area contributed by atoms with Crippen LogP contribution >= 0.6 is 11.8 Å². The lowest BCUT2D eigenvalue weighted by Gasteiger charge is -2.48. The molecule has 1 aromatic carbocycles. The van der Waals surface area contributed by atoms with Crippen LogP contribution in [0.5, 0.6) is 0 Å². The summed E-state index contributed by atoms with van der Waals surface area (Å²) in [6, 6.07) is 4.60. The predicted molar refractivity (Wildman–Crippen MR) is 83.8 cm³/mol. The first-order chi connectivity index (χ1) is 10.8. The van der Waals surface area contributed by atoms with E-state index in [0.717, 1.165) is 4.90 Å². The van der Waals surface area contributed by atoms with Crippen molar-refractivity contribution in [1.29, 1.82) is 0 Å². The lowest BCUT2D eigenvalue weighted by Crippen LogP contribution is -2.70. The summed E-state index contributed by atoms with van der Waals surface area (Å²) in [5.41, 5.74) is 5.84. The van der Waals surface area contributed by atoms with E-state index in [-0.39, 0.29) is 10.6 Å². The van der Waals surface area contributed by atoms with Crippen LogP contribution in [0.1, 0.15) is 0 Å². The quantitative estimate of drug-likeness (QED) is 0.504. The van der Waals surface area contributed by atoms with E-state index in [1.165, 1.54) is 42.1 Å². The van der Waals surface area contributed by atoms with Gasteiger partial charge in [-0.25, -0.2) is 13.2 Å². The number of sulfonamides is 1. The number of aliphatic carboxylic acids is 1. The van der Waals surface area contributed by atoms with Gasteiger partial charge in [-0.15, -0.1) is 11.8 Å². The number of rotatable bonds is 4. The monoisotopic (exact) mass is 355 g/mol. The molecule has 1 aromatic rings. The summed E-state index contributed by atoms with van der Waals surface area (Å²) in [5.74, 6) is -1.38. The minimum Gasteiger partial charge on any atom is -0.477 e. The Hall–Kier alpha value is -2.04. The number of β-lactam (4-membered cyclic amide) rings is 1. The third-order valence-corrected chi connectivity index (χ3v) is 6.18. The standard InChI is InChI=1S/C13H13N3O5S2/c14-7-1-3-8(4-2-7)23(20,21)15-10-11(17)16-9(13(18)19)5-6-22-12(10)16/h1-5,10,12,15H,6,14H2,(H,18,19)/t10-,12-/m1/s1. The maximum atomic E-state index is 12.3. The van der Waals surface area contributed by atoms with E-state index in [9.17, 15) is 18.0 Å². The molecule has 0 spiro atoms. The first-order valence-electron chi connectivity index (χ1n) is 6.57. The molecule has 0 saturated carbocycles. The van der Waals surface area contributed by atoms with Crippen molar-refractivity contribution in [2.24, 2.45) is 0 Å². The van der Waals surface area contributed by atoms with Gasteiger partial charge >= 0.3 is 5.97 Å². The summed E-state index contributed by atoms with van der Waals surface area (Å²) in [6.07, 6.45) is 1.44. The molecule has 2 aliphatic heterocycles. The molecule has 0 unspecified atom stereocenters. The van der Waals surface area contributed by atoms with Crippen LogP contribution < -0.4 is 10.5 Å². The van der Waals surface area contributed by atoms with Gasteiger partial charge in [-0.2, -0.15) is 4.72 Å². The summed E-state index contributed by atoms with van der Waals surface area (Å²) in [7, 11) is -3.89. The zero-order valence-electron chi connectivity index (χ0n) is 11.7. The van der Waals surface area contributed by atoms with Gasteiger partial charge in [0.15, 0.2) is 0 Å². The van der Waals surface area contributed by atoms with Gasteiger partial charge in [-0.1, -0.05) is 0 Å². The van der Waals surface area contributed by atoms with Gasteiger partial charge in [0.25, 0.3) is 0 Å². The van der Waals surface area contributed by atoms with E-state index in [4.69, 9.17) is 10.8 Å². The van der Waals surface area contributed by atoms with E-state index in [1.807, 2.05) is 0 Å². The van der Waals surface area contributed by atoms with Gasteiger partial charge in [0.1, 0.15) is 17.1 Å². The Morgan fingerprint density at radius 3 is 2.61 bits per heavy atom. The van der Waals surface area contributed by atoms with Gasteiger partial charge in [0, 0.05) is 11.4 Å². The van der Waals surface area contributed by atoms with E-state index in [0.29, 0.717) is 11.4 Å². The smallest absolute Gasteiger partial charge is 0.352 e. The second-order valence-corrected chi connectivity index (χ2v) is 7.86. The zero-order valence-corrected chi connectivity index (χ0v) is 13.3. The lowest BCUT2D eigenvalue weighted by atomic mass is 10.1. The number of carboxylic acids is 1. The molecule has 0 aliphatic carbocycles. The molecule has 122 valence electrons. The fourth-order valence-corrected chi connectivity index (χ4v) is 4.87. The summed E-state index contributed by atoms with van der Waals surface area (Å²) < 4.78 is 27.0. The topological polar surface area (TPSA) is 130 Å². The van der Waals surface area contributed by atoms with Gasteiger partial charge in [-0.05, 0) is 30.3 Å². The second-order valence-electron chi connectivity index (χ2n) is 4.99. The molecule has 3 rings (SSSR count). The molecular formula is C13H13N3O5S2. The maximum absolute atomic E-state index is 12.3. The van der Waals surface area contributed by atoms with Crippen molar-refractivity contribution in [1.82, 2.24) is 9.62 Å². The van der Waals surface area contributed by atoms with Gasteiger partial charge in [0.2, 0.25) is 15.9 Å². The number of nitrogens with one attached hydrogen (secondary N) is 1. The number of hydrogen-bond donors (Lipinski definition) is 3. The Bertz CT molecular complexity index is 803. The van der Waals surface area contributed by atoms with Gasteiger partial charge in [0.05, 0.1) is 4.90 Å².